The predicted octanol–water partition coefficient (Wildman–Crippen LogP) is 3.38. The molecule has 8 nitrogen and oxygen atoms in total. The van der Waals surface area contributed by atoms with Gasteiger partial charge in [0.2, 0.25) is 0 Å². The van der Waals surface area contributed by atoms with Crippen LogP contribution < -0.4 is 10.9 Å². The number of nitrogens with zero attached hydrogens (tertiary/aromatic N) is 3. The fourth-order valence-electron chi connectivity index (χ4n) is 5.05. The third-order valence-corrected chi connectivity index (χ3v) is 10.2. The molecule has 3 fully saturated rings. The summed E-state index contributed by atoms with van der Waals surface area (Å²) in [4.78, 5) is 33.4. The van der Waals surface area contributed by atoms with Crippen molar-refractivity contribution in [3.63, 3.8) is 0 Å². The fraction of sp³-hybridized carbons (Fsp3) is 0.500. The Bertz CT molecular complexity index is 1410. The smallest absolute Gasteiger partial charge is 0.267 e. The molecule has 1 aliphatic carbocycles. The Hall–Kier alpha value is -2.24. The van der Waals surface area contributed by atoms with Crippen molar-refractivity contribution in [3.05, 3.63) is 44.7 Å². The predicted molar refractivity (Wildman–Crippen MR) is 143 cm³/mol. The van der Waals surface area contributed by atoms with Gasteiger partial charge in [0, 0.05) is 12.2 Å². The Morgan fingerprint density at radius 1 is 1.20 bits per heavy atom. The summed E-state index contributed by atoms with van der Waals surface area (Å²) < 4.78 is 25.8. The molecule has 1 atom stereocenters. The molecule has 1 saturated carbocycles. The van der Waals surface area contributed by atoms with E-state index in [4.69, 9.17) is 17.2 Å². The molecular weight excluding hydrogens is 504 g/mol. The molecule has 186 valence electrons. The minimum absolute atomic E-state index is 0.0527. The normalized spacial score (nSPS) is 27.8. The Morgan fingerprint density at radius 3 is 2.63 bits per heavy atom. The van der Waals surface area contributed by atoms with E-state index >= 15 is 0 Å². The topological polar surface area (TPSA) is 101 Å². The number of aromatic nitrogens is 2. The van der Waals surface area contributed by atoms with E-state index in [0.29, 0.717) is 38.6 Å². The van der Waals surface area contributed by atoms with Crippen molar-refractivity contribution in [1.29, 1.82) is 0 Å². The van der Waals surface area contributed by atoms with E-state index in [1.165, 1.54) is 9.30 Å². The second kappa shape index (κ2) is 9.33. The van der Waals surface area contributed by atoms with Gasteiger partial charge in [0.05, 0.1) is 28.0 Å². The van der Waals surface area contributed by atoms with Gasteiger partial charge in [-0.05, 0) is 62.7 Å². The van der Waals surface area contributed by atoms with Crippen LogP contribution in [0, 0.1) is 12.8 Å². The lowest BCUT2D eigenvalue weighted by atomic mass is 9.87. The summed E-state index contributed by atoms with van der Waals surface area (Å²) in [6, 6.07) is 3.45. The molecule has 0 radical (unpaired) electrons. The molecule has 5 rings (SSSR count). The number of sulfone groups is 1. The first-order valence-corrected chi connectivity index (χ1v) is 14.9. The van der Waals surface area contributed by atoms with Crippen LogP contribution in [0.5, 0.6) is 0 Å². The zero-order valence-corrected chi connectivity index (χ0v) is 22.1. The van der Waals surface area contributed by atoms with Gasteiger partial charge in [-0.2, -0.15) is 0 Å². The minimum Gasteiger partial charge on any atom is -0.367 e. The van der Waals surface area contributed by atoms with E-state index in [1.54, 1.807) is 18.3 Å². The summed E-state index contributed by atoms with van der Waals surface area (Å²) in [7, 11) is -3.17. The highest BCUT2D eigenvalue weighted by molar-refractivity contribution is 8.26. The summed E-state index contributed by atoms with van der Waals surface area (Å²) in [5.41, 5.74) is 1.50. The molecule has 2 aromatic rings. The molecular formula is C24H28N4O4S3. The summed E-state index contributed by atoms with van der Waals surface area (Å²) in [5, 5.41) is 3.49. The van der Waals surface area contributed by atoms with Crippen molar-refractivity contribution in [2.75, 3.05) is 16.8 Å². The first-order chi connectivity index (χ1) is 16.6. The Morgan fingerprint density at radius 2 is 1.94 bits per heavy atom. The molecule has 2 aromatic heterocycles. The monoisotopic (exact) mass is 532 g/mol. The number of thioether (sulfide) groups is 1. The maximum absolute atomic E-state index is 13.6. The first kappa shape index (κ1) is 24.5. The molecule has 2 aliphatic heterocycles. The number of anilines is 1. The van der Waals surface area contributed by atoms with Gasteiger partial charge in [-0.25, -0.2) is 13.4 Å². The van der Waals surface area contributed by atoms with Crippen LogP contribution in [0.15, 0.2) is 28.0 Å². The Balaban J connectivity index is 1.55. The van der Waals surface area contributed by atoms with E-state index in [1.807, 2.05) is 13.0 Å². The lowest BCUT2D eigenvalue weighted by Gasteiger charge is -2.28. The van der Waals surface area contributed by atoms with Crippen LogP contribution in [0.25, 0.3) is 11.7 Å². The van der Waals surface area contributed by atoms with Gasteiger partial charge in [-0.15, -0.1) is 0 Å². The molecule has 4 heterocycles. The van der Waals surface area contributed by atoms with Crippen molar-refractivity contribution >= 4 is 61.6 Å². The number of thiocarbonyl (C=S) groups is 1. The number of hydrogen-bond acceptors (Lipinski definition) is 8. The third kappa shape index (κ3) is 4.77. The van der Waals surface area contributed by atoms with Crippen LogP contribution >= 0.6 is 24.0 Å². The number of hydrogen-bond donors (Lipinski definition) is 1. The fourth-order valence-corrected chi connectivity index (χ4v) is 8.14. The van der Waals surface area contributed by atoms with Gasteiger partial charge in [0.15, 0.2) is 9.84 Å². The number of nitrogens with one attached hydrogen (secondary N) is 1. The van der Waals surface area contributed by atoms with Gasteiger partial charge in [-0.3, -0.25) is 18.9 Å². The van der Waals surface area contributed by atoms with Crippen LogP contribution in [0.1, 0.15) is 50.2 Å². The van der Waals surface area contributed by atoms with E-state index in [-0.39, 0.29) is 29.0 Å². The molecule has 0 aromatic carbocycles. The van der Waals surface area contributed by atoms with Gasteiger partial charge in [0.1, 0.15) is 15.8 Å². The van der Waals surface area contributed by atoms with Gasteiger partial charge in [0.25, 0.3) is 11.5 Å². The molecule has 1 unspecified atom stereocenters. The van der Waals surface area contributed by atoms with Crippen molar-refractivity contribution in [2.24, 2.45) is 5.92 Å². The summed E-state index contributed by atoms with van der Waals surface area (Å²) in [6.45, 7) is 4.16. The number of fused-ring (bicyclic) bond motifs is 1. The maximum Gasteiger partial charge on any atom is 0.267 e. The zero-order chi connectivity index (χ0) is 24.9. The second-order valence-corrected chi connectivity index (χ2v) is 13.7. The number of carbonyl (C=O) groups is 1. The minimum atomic E-state index is -3.17. The number of amides is 1. The summed E-state index contributed by atoms with van der Waals surface area (Å²) in [6.07, 6.45) is 7.83. The molecule has 3 aliphatic rings. The van der Waals surface area contributed by atoms with E-state index in [2.05, 4.69) is 12.2 Å². The second-order valence-electron chi connectivity index (χ2n) is 9.77. The number of pyridine rings is 1. The molecule has 2 saturated heterocycles. The van der Waals surface area contributed by atoms with Crippen LogP contribution in [0.3, 0.4) is 0 Å². The van der Waals surface area contributed by atoms with Crippen molar-refractivity contribution < 1.29 is 13.2 Å². The highest BCUT2D eigenvalue weighted by Gasteiger charge is 2.42. The molecule has 35 heavy (non-hydrogen) atoms. The highest BCUT2D eigenvalue weighted by atomic mass is 32.2. The molecule has 1 N–H and O–H groups in total. The Kier molecular flexibility index (Phi) is 6.52. The van der Waals surface area contributed by atoms with E-state index in [9.17, 15) is 18.0 Å². The Labute approximate surface area is 214 Å². The third-order valence-electron chi connectivity index (χ3n) is 7.11. The SMILES string of the molecule is Cc1cccn2c(=O)c(C=C3SC(=S)N(C4CCS(=O)(=O)C4)C3=O)c(NC3CCC(C)CC3)nc12. The van der Waals surface area contributed by atoms with Crippen molar-refractivity contribution in [3.8, 4) is 0 Å². The van der Waals surface area contributed by atoms with Crippen molar-refractivity contribution in [2.45, 2.75) is 58.0 Å². The number of carbonyl (C=O) groups excluding carboxylic acids is 1. The molecule has 1 amide bonds. The van der Waals surface area contributed by atoms with Crippen LogP contribution in [-0.4, -0.2) is 56.5 Å². The lowest BCUT2D eigenvalue weighted by Crippen LogP contribution is -2.39. The zero-order valence-electron chi connectivity index (χ0n) is 19.7. The largest absolute Gasteiger partial charge is 0.367 e. The van der Waals surface area contributed by atoms with Crippen LogP contribution in [0.4, 0.5) is 5.82 Å². The molecule has 11 heteroatoms. The number of aryl methyl sites for hydroxylation is 1. The van der Waals surface area contributed by atoms with Gasteiger partial charge < -0.3 is 5.32 Å². The van der Waals surface area contributed by atoms with Crippen molar-refractivity contribution in [1.82, 2.24) is 14.3 Å². The summed E-state index contributed by atoms with van der Waals surface area (Å²) >= 11 is 6.55. The van der Waals surface area contributed by atoms with Gasteiger partial charge in [-0.1, -0.05) is 37.0 Å². The standard InChI is InChI=1S/C24H28N4O4S3/c1-14-5-7-16(8-6-14)25-20-18(22(29)27-10-3-4-15(2)21(27)26-20)12-19-23(30)28(24(33)34-19)17-9-11-35(31,32)13-17/h3-4,10,12,14,16-17,25H,5-9,11,13H2,1-2H3. The molecule has 0 spiro atoms. The van der Waals surface area contributed by atoms with Gasteiger partial charge >= 0.3 is 0 Å². The van der Waals surface area contributed by atoms with Crippen LogP contribution in [-0.2, 0) is 14.6 Å². The number of rotatable bonds is 4. The average Bonchev–Trinajstić information content (AvgIpc) is 3.30. The highest BCUT2D eigenvalue weighted by Crippen LogP contribution is 2.37. The van der Waals surface area contributed by atoms with Crippen LogP contribution in [0.2, 0.25) is 0 Å². The average molecular weight is 533 g/mol. The maximum atomic E-state index is 13.6. The first-order valence-electron chi connectivity index (χ1n) is 11.9. The van der Waals surface area contributed by atoms with E-state index in [0.717, 1.165) is 43.0 Å². The quantitative estimate of drug-likeness (QED) is 0.473. The lowest BCUT2D eigenvalue weighted by molar-refractivity contribution is -0.123. The summed E-state index contributed by atoms with van der Waals surface area (Å²) in [5.74, 6) is 0.771. The molecule has 0 bridgehead atoms. The van der Waals surface area contributed by atoms with E-state index < -0.39 is 15.9 Å².